The van der Waals surface area contributed by atoms with Crippen molar-refractivity contribution >= 4 is 5.84 Å². The predicted molar refractivity (Wildman–Crippen MR) is 62.1 cm³/mol. The van der Waals surface area contributed by atoms with Crippen LogP contribution in [-0.4, -0.2) is 23.8 Å². The molecule has 1 N–H and O–H groups in total. The number of rotatable bonds is 1. The van der Waals surface area contributed by atoms with Gasteiger partial charge in [0.25, 0.3) is 0 Å². The molecule has 0 aromatic rings. The highest BCUT2D eigenvalue weighted by Gasteiger charge is 2.38. The molecule has 0 radical (unpaired) electrons. The summed E-state index contributed by atoms with van der Waals surface area (Å²) in [5.41, 5.74) is 0. The van der Waals surface area contributed by atoms with Crippen molar-refractivity contribution in [1.29, 1.82) is 5.41 Å². The van der Waals surface area contributed by atoms with E-state index >= 15 is 0 Å². The summed E-state index contributed by atoms with van der Waals surface area (Å²) >= 11 is 0. The molecule has 3 rings (SSSR count). The minimum absolute atomic E-state index is 0.615. The van der Waals surface area contributed by atoms with Gasteiger partial charge in [-0.2, -0.15) is 0 Å². The lowest BCUT2D eigenvalue weighted by Crippen LogP contribution is -2.33. The third-order valence-corrected chi connectivity index (χ3v) is 4.81. The third kappa shape index (κ3) is 1.68. The van der Waals surface area contributed by atoms with E-state index in [4.69, 9.17) is 5.41 Å². The highest BCUT2D eigenvalue weighted by atomic mass is 15.2. The summed E-state index contributed by atoms with van der Waals surface area (Å²) in [6.07, 6.45) is 9.58. The molecule has 3 aliphatic rings. The smallest absolute Gasteiger partial charge is 0.0989 e. The summed E-state index contributed by atoms with van der Waals surface area (Å²) < 4.78 is 0. The number of amidine groups is 1. The van der Waals surface area contributed by atoms with Gasteiger partial charge in [-0.05, 0) is 37.5 Å². The standard InChI is InChI=1S/C13H22N2/c14-13(10-4-1-2-5-10)15-8-11-6-3-7-12(11)9-15/h10-12,14H,1-9H2. The second kappa shape index (κ2) is 3.80. The summed E-state index contributed by atoms with van der Waals surface area (Å²) in [6.45, 7) is 2.42. The van der Waals surface area contributed by atoms with Crippen LogP contribution < -0.4 is 0 Å². The number of hydrogen-bond acceptors (Lipinski definition) is 1. The minimum atomic E-state index is 0.615. The van der Waals surface area contributed by atoms with E-state index in [2.05, 4.69) is 4.90 Å². The number of fused-ring (bicyclic) bond motifs is 1. The maximum Gasteiger partial charge on any atom is 0.0989 e. The Morgan fingerprint density at radius 1 is 0.867 bits per heavy atom. The topological polar surface area (TPSA) is 27.1 Å². The average Bonchev–Trinajstić information content (AvgIpc) is 2.92. The molecular weight excluding hydrogens is 184 g/mol. The second-order valence-corrected chi connectivity index (χ2v) is 5.72. The SMILES string of the molecule is N=C(C1CCCC1)N1CC2CCCC2C1. The quantitative estimate of drug-likeness (QED) is 0.518. The normalized spacial score (nSPS) is 36.1. The van der Waals surface area contributed by atoms with E-state index in [1.54, 1.807) is 0 Å². The van der Waals surface area contributed by atoms with Gasteiger partial charge in [-0.25, -0.2) is 0 Å². The Hall–Kier alpha value is -0.530. The van der Waals surface area contributed by atoms with E-state index in [0.717, 1.165) is 17.7 Å². The van der Waals surface area contributed by atoms with Gasteiger partial charge in [0, 0.05) is 19.0 Å². The molecule has 2 aliphatic carbocycles. The lowest BCUT2D eigenvalue weighted by molar-refractivity contribution is 0.430. The van der Waals surface area contributed by atoms with Crippen LogP contribution in [0.25, 0.3) is 0 Å². The Morgan fingerprint density at radius 3 is 2.07 bits per heavy atom. The first-order chi connectivity index (χ1) is 7.34. The molecular formula is C13H22N2. The predicted octanol–water partition coefficient (Wildman–Crippen LogP) is 2.89. The molecule has 2 nitrogen and oxygen atoms in total. The molecule has 2 atom stereocenters. The van der Waals surface area contributed by atoms with Gasteiger partial charge in [0.15, 0.2) is 0 Å². The molecule has 0 bridgehead atoms. The van der Waals surface area contributed by atoms with Crippen molar-refractivity contribution in [2.45, 2.75) is 44.9 Å². The van der Waals surface area contributed by atoms with Gasteiger partial charge in [0.1, 0.15) is 0 Å². The van der Waals surface area contributed by atoms with Gasteiger partial charge < -0.3 is 4.90 Å². The van der Waals surface area contributed by atoms with Crippen LogP contribution in [0.2, 0.25) is 0 Å². The second-order valence-electron chi connectivity index (χ2n) is 5.72. The fourth-order valence-electron chi connectivity index (χ4n) is 3.89. The molecule has 0 amide bonds. The van der Waals surface area contributed by atoms with Gasteiger partial charge in [-0.15, -0.1) is 0 Å². The molecule has 15 heavy (non-hydrogen) atoms. The van der Waals surface area contributed by atoms with Crippen molar-refractivity contribution in [1.82, 2.24) is 4.90 Å². The lowest BCUT2D eigenvalue weighted by Gasteiger charge is -2.24. The molecule has 0 aromatic carbocycles. The van der Waals surface area contributed by atoms with Crippen LogP contribution >= 0.6 is 0 Å². The number of hydrogen-bond donors (Lipinski definition) is 1. The summed E-state index contributed by atoms with van der Waals surface area (Å²) in [5.74, 6) is 3.48. The Bertz CT molecular complexity index is 243. The van der Waals surface area contributed by atoms with Crippen LogP contribution in [0.5, 0.6) is 0 Å². The van der Waals surface area contributed by atoms with Crippen LogP contribution in [0.1, 0.15) is 44.9 Å². The average molecular weight is 206 g/mol. The van der Waals surface area contributed by atoms with E-state index < -0.39 is 0 Å². The molecule has 2 unspecified atom stereocenters. The zero-order valence-electron chi connectivity index (χ0n) is 9.54. The molecule has 1 saturated heterocycles. The zero-order valence-corrected chi connectivity index (χ0v) is 9.54. The maximum absolute atomic E-state index is 8.29. The molecule has 0 aromatic heterocycles. The zero-order chi connectivity index (χ0) is 10.3. The van der Waals surface area contributed by atoms with Crippen LogP contribution in [0.4, 0.5) is 0 Å². The Kier molecular flexibility index (Phi) is 2.45. The van der Waals surface area contributed by atoms with E-state index in [9.17, 15) is 0 Å². The van der Waals surface area contributed by atoms with E-state index in [1.807, 2.05) is 0 Å². The van der Waals surface area contributed by atoms with Gasteiger partial charge in [0.2, 0.25) is 0 Å². The first-order valence-corrected chi connectivity index (χ1v) is 6.68. The summed E-state index contributed by atoms with van der Waals surface area (Å²) in [4.78, 5) is 2.41. The van der Waals surface area contributed by atoms with Crippen LogP contribution in [0, 0.1) is 23.2 Å². The summed E-state index contributed by atoms with van der Waals surface area (Å²) in [5, 5.41) is 8.29. The third-order valence-electron chi connectivity index (χ3n) is 4.81. The van der Waals surface area contributed by atoms with Crippen molar-refractivity contribution in [3.05, 3.63) is 0 Å². The Morgan fingerprint density at radius 2 is 1.47 bits per heavy atom. The molecule has 3 fully saturated rings. The van der Waals surface area contributed by atoms with Crippen LogP contribution in [-0.2, 0) is 0 Å². The number of nitrogens with zero attached hydrogens (tertiary/aromatic N) is 1. The summed E-state index contributed by atoms with van der Waals surface area (Å²) in [7, 11) is 0. The van der Waals surface area contributed by atoms with Crippen molar-refractivity contribution in [2.24, 2.45) is 17.8 Å². The van der Waals surface area contributed by atoms with Crippen molar-refractivity contribution in [3.8, 4) is 0 Å². The largest absolute Gasteiger partial charge is 0.360 e. The van der Waals surface area contributed by atoms with Gasteiger partial charge in [0.05, 0.1) is 5.84 Å². The first kappa shape index (κ1) is 9.68. The van der Waals surface area contributed by atoms with Crippen molar-refractivity contribution in [2.75, 3.05) is 13.1 Å². The maximum atomic E-state index is 8.29. The molecule has 2 saturated carbocycles. The van der Waals surface area contributed by atoms with Gasteiger partial charge in [-0.1, -0.05) is 19.3 Å². The molecule has 84 valence electrons. The van der Waals surface area contributed by atoms with Gasteiger partial charge >= 0.3 is 0 Å². The highest BCUT2D eigenvalue weighted by Crippen LogP contribution is 2.39. The summed E-state index contributed by atoms with van der Waals surface area (Å²) in [6, 6.07) is 0. The van der Waals surface area contributed by atoms with Crippen molar-refractivity contribution in [3.63, 3.8) is 0 Å². The fraction of sp³-hybridized carbons (Fsp3) is 0.923. The lowest BCUT2D eigenvalue weighted by atomic mass is 10.0. The van der Waals surface area contributed by atoms with Crippen LogP contribution in [0.3, 0.4) is 0 Å². The van der Waals surface area contributed by atoms with Crippen molar-refractivity contribution < 1.29 is 0 Å². The Balaban J connectivity index is 1.61. The molecule has 1 heterocycles. The van der Waals surface area contributed by atoms with E-state index in [-0.39, 0.29) is 0 Å². The molecule has 1 aliphatic heterocycles. The fourth-order valence-corrected chi connectivity index (χ4v) is 3.89. The Labute approximate surface area is 92.5 Å². The molecule has 2 heteroatoms. The first-order valence-electron chi connectivity index (χ1n) is 6.68. The van der Waals surface area contributed by atoms with E-state index in [0.29, 0.717) is 5.92 Å². The van der Waals surface area contributed by atoms with Crippen LogP contribution in [0.15, 0.2) is 0 Å². The number of nitrogens with one attached hydrogen (secondary N) is 1. The minimum Gasteiger partial charge on any atom is -0.360 e. The highest BCUT2D eigenvalue weighted by molar-refractivity contribution is 5.82. The number of likely N-dealkylation sites (tertiary alicyclic amines) is 1. The van der Waals surface area contributed by atoms with E-state index in [1.165, 1.54) is 58.0 Å². The molecule has 0 spiro atoms. The monoisotopic (exact) mass is 206 g/mol. The van der Waals surface area contributed by atoms with Gasteiger partial charge in [-0.3, -0.25) is 5.41 Å².